The standard InChI is InChI=1S/C18H22O2/c1-5-16-8-10-17(11-9-16)19-15(4)20-18-12-13(2)6-7-14(18)3/h6-12,15H,5H2,1-4H3. The van der Waals surface area contributed by atoms with Crippen LogP contribution >= 0.6 is 0 Å². The molecular weight excluding hydrogens is 248 g/mol. The molecule has 0 spiro atoms. The average molecular weight is 270 g/mol. The molecule has 1 unspecified atom stereocenters. The van der Waals surface area contributed by atoms with Crippen LogP contribution in [-0.4, -0.2) is 6.29 Å². The molecule has 0 aliphatic carbocycles. The van der Waals surface area contributed by atoms with E-state index in [1.165, 1.54) is 11.1 Å². The van der Waals surface area contributed by atoms with Gasteiger partial charge in [-0.15, -0.1) is 0 Å². The third-order valence-electron chi connectivity index (χ3n) is 3.27. The van der Waals surface area contributed by atoms with E-state index >= 15 is 0 Å². The summed E-state index contributed by atoms with van der Waals surface area (Å²) in [6.45, 7) is 8.15. The molecule has 1 atom stereocenters. The molecule has 0 aliphatic rings. The van der Waals surface area contributed by atoms with Crippen molar-refractivity contribution in [3.8, 4) is 11.5 Å². The van der Waals surface area contributed by atoms with Gasteiger partial charge in [0.15, 0.2) is 0 Å². The fraction of sp³-hybridized carbons (Fsp3) is 0.333. The number of hydrogen-bond acceptors (Lipinski definition) is 2. The Hall–Kier alpha value is -1.96. The highest BCUT2D eigenvalue weighted by atomic mass is 16.7. The predicted octanol–water partition coefficient (Wildman–Crippen LogP) is 4.67. The summed E-state index contributed by atoms with van der Waals surface area (Å²) in [6, 6.07) is 14.3. The molecule has 0 aliphatic heterocycles. The smallest absolute Gasteiger partial charge is 0.238 e. The summed E-state index contributed by atoms with van der Waals surface area (Å²) in [5, 5.41) is 0. The molecule has 0 N–H and O–H groups in total. The molecule has 2 heteroatoms. The minimum Gasteiger partial charge on any atom is -0.455 e. The van der Waals surface area contributed by atoms with E-state index in [2.05, 4.69) is 38.1 Å². The summed E-state index contributed by atoms with van der Waals surface area (Å²) in [5.74, 6) is 1.71. The molecule has 0 amide bonds. The Kier molecular flexibility index (Phi) is 4.67. The maximum absolute atomic E-state index is 5.86. The Labute approximate surface area is 121 Å². The Morgan fingerprint density at radius 3 is 2.30 bits per heavy atom. The van der Waals surface area contributed by atoms with Crippen molar-refractivity contribution in [1.82, 2.24) is 0 Å². The molecule has 2 rings (SSSR count). The minimum absolute atomic E-state index is 0.317. The van der Waals surface area contributed by atoms with E-state index in [9.17, 15) is 0 Å². The van der Waals surface area contributed by atoms with Crippen LogP contribution in [0.15, 0.2) is 42.5 Å². The quantitative estimate of drug-likeness (QED) is 0.735. The van der Waals surface area contributed by atoms with Gasteiger partial charge in [-0.3, -0.25) is 0 Å². The first-order chi connectivity index (χ1) is 9.58. The lowest BCUT2D eigenvalue weighted by atomic mass is 10.1. The Balaban J connectivity index is 2.00. The first-order valence-corrected chi connectivity index (χ1v) is 7.08. The van der Waals surface area contributed by atoms with Gasteiger partial charge in [-0.05, 0) is 55.2 Å². The Morgan fingerprint density at radius 1 is 0.950 bits per heavy atom. The van der Waals surface area contributed by atoms with Crippen molar-refractivity contribution in [2.45, 2.75) is 40.4 Å². The van der Waals surface area contributed by atoms with Gasteiger partial charge in [0, 0.05) is 6.92 Å². The number of ether oxygens (including phenoxy) is 2. The largest absolute Gasteiger partial charge is 0.455 e. The van der Waals surface area contributed by atoms with Crippen LogP contribution in [-0.2, 0) is 6.42 Å². The lowest BCUT2D eigenvalue weighted by Crippen LogP contribution is -2.20. The van der Waals surface area contributed by atoms with Crippen molar-refractivity contribution in [2.75, 3.05) is 0 Å². The van der Waals surface area contributed by atoms with E-state index in [0.29, 0.717) is 0 Å². The summed E-state index contributed by atoms with van der Waals surface area (Å²) in [7, 11) is 0. The van der Waals surface area contributed by atoms with Crippen LogP contribution in [0, 0.1) is 13.8 Å². The summed E-state index contributed by atoms with van der Waals surface area (Å²) in [6.07, 6.45) is 0.720. The molecule has 0 bridgehead atoms. The molecule has 0 heterocycles. The number of aryl methyl sites for hydroxylation is 3. The molecular formula is C18H22O2. The number of rotatable bonds is 5. The highest BCUT2D eigenvalue weighted by Crippen LogP contribution is 2.22. The SMILES string of the molecule is CCc1ccc(OC(C)Oc2cc(C)ccc2C)cc1. The van der Waals surface area contributed by atoms with Gasteiger partial charge in [-0.1, -0.05) is 31.2 Å². The van der Waals surface area contributed by atoms with Gasteiger partial charge in [-0.2, -0.15) is 0 Å². The highest BCUT2D eigenvalue weighted by Gasteiger charge is 2.08. The first-order valence-electron chi connectivity index (χ1n) is 7.08. The number of benzene rings is 2. The van der Waals surface area contributed by atoms with Crippen LogP contribution in [0.25, 0.3) is 0 Å². The van der Waals surface area contributed by atoms with Gasteiger partial charge < -0.3 is 9.47 Å². The van der Waals surface area contributed by atoms with Crippen molar-refractivity contribution in [3.63, 3.8) is 0 Å². The third-order valence-corrected chi connectivity index (χ3v) is 3.27. The monoisotopic (exact) mass is 270 g/mol. The molecule has 106 valence electrons. The van der Waals surface area contributed by atoms with Crippen LogP contribution in [0.4, 0.5) is 0 Å². The van der Waals surface area contributed by atoms with Gasteiger partial charge in [0.2, 0.25) is 6.29 Å². The van der Waals surface area contributed by atoms with Gasteiger partial charge in [0.1, 0.15) is 11.5 Å². The lowest BCUT2D eigenvalue weighted by molar-refractivity contribution is 0.0217. The average Bonchev–Trinajstić information content (AvgIpc) is 2.43. The minimum atomic E-state index is -0.317. The zero-order valence-corrected chi connectivity index (χ0v) is 12.6. The second-order valence-corrected chi connectivity index (χ2v) is 5.07. The van der Waals surface area contributed by atoms with E-state index in [-0.39, 0.29) is 6.29 Å². The maximum atomic E-state index is 5.86. The fourth-order valence-corrected chi connectivity index (χ4v) is 2.03. The molecule has 0 fully saturated rings. The number of hydrogen-bond donors (Lipinski definition) is 0. The van der Waals surface area contributed by atoms with E-state index in [1.54, 1.807) is 0 Å². The molecule has 0 aromatic heterocycles. The summed E-state index contributed by atoms with van der Waals surface area (Å²) in [4.78, 5) is 0. The molecule has 0 saturated carbocycles. The van der Waals surface area contributed by atoms with Crippen LogP contribution in [0.3, 0.4) is 0 Å². The van der Waals surface area contributed by atoms with Crippen LogP contribution < -0.4 is 9.47 Å². The topological polar surface area (TPSA) is 18.5 Å². The Bertz CT molecular complexity index is 558. The van der Waals surface area contributed by atoms with Gasteiger partial charge in [-0.25, -0.2) is 0 Å². The fourth-order valence-electron chi connectivity index (χ4n) is 2.03. The van der Waals surface area contributed by atoms with E-state index < -0.39 is 0 Å². The zero-order chi connectivity index (χ0) is 14.5. The first kappa shape index (κ1) is 14.4. The second kappa shape index (κ2) is 6.47. The van der Waals surface area contributed by atoms with E-state index in [0.717, 1.165) is 23.5 Å². The molecule has 2 nitrogen and oxygen atoms in total. The van der Waals surface area contributed by atoms with Crippen LogP contribution in [0.1, 0.15) is 30.5 Å². The van der Waals surface area contributed by atoms with Crippen molar-refractivity contribution < 1.29 is 9.47 Å². The lowest BCUT2D eigenvalue weighted by Gasteiger charge is -2.18. The maximum Gasteiger partial charge on any atom is 0.238 e. The van der Waals surface area contributed by atoms with Gasteiger partial charge >= 0.3 is 0 Å². The molecule has 0 saturated heterocycles. The highest BCUT2D eigenvalue weighted by molar-refractivity contribution is 5.36. The molecule has 0 radical (unpaired) electrons. The molecule has 20 heavy (non-hydrogen) atoms. The molecule has 2 aromatic carbocycles. The van der Waals surface area contributed by atoms with Crippen LogP contribution in [0.2, 0.25) is 0 Å². The normalized spacial score (nSPS) is 12.0. The van der Waals surface area contributed by atoms with Crippen molar-refractivity contribution in [3.05, 3.63) is 59.2 Å². The van der Waals surface area contributed by atoms with E-state index in [4.69, 9.17) is 9.47 Å². The third kappa shape index (κ3) is 3.77. The summed E-state index contributed by atoms with van der Waals surface area (Å²) in [5.41, 5.74) is 3.61. The molecule has 2 aromatic rings. The van der Waals surface area contributed by atoms with Crippen molar-refractivity contribution in [1.29, 1.82) is 0 Å². The van der Waals surface area contributed by atoms with Crippen LogP contribution in [0.5, 0.6) is 11.5 Å². The summed E-state index contributed by atoms with van der Waals surface area (Å²) >= 11 is 0. The Morgan fingerprint density at radius 2 is 1.65 bits per heavy atom. The van der Waals surface area contributed by atoms with Crippen molar-refractivity contribution >= 4 is 0 Å². The van der Waals surface area contributed by atoms with E-state index in [1.807, 2.05) is 32.0 Å². The van der Waals surface area contributed by atoms with Gasteiger partial charge in [0.25, 0.3) is 0 Å². The van der Waals surface area contributed by atoms with Gasteiger partial charge in [0.05, 0.1) is 0 Å². The second-order valence-electron chi connectivity index (χ2n) is 5.07. The van der Waals surface area contributed by atoms with Crippen molar-refractivity contribution in [2.24, 2.45) is 0 Å². The predicted molar refractivity (Wildman–Crippen MR) is 82.5 cm³/mol. The summed E-state index contributed by atoms with van der Waals surface area (Å²) < 4.78 is 11.7. The zero-order valence-electron chi connectivity index (χ0n) is 12.6.